The van der Waals surface area contributed by atoms with Gasteiger partial charge < -0.3 is 10.1 Å². The van der Waals surface area contributed by atoms with Gasteiger partial charge in [-0.25, -0.2) is 0 Å². The van der Waals surface area contributed by atoms with Gasteiger partial charge in [-0.15, -0.1) is 0 Å². The fraction of sp³-hybridized carbons (Fsp3) is 0.235. The smallest absolute Gasteiger partial charge is 0.273 e. The topological polar surface area (TPSA) is 81.5 Å². The number of benzene rings is 2. The molecule has 23 heavy (non-hydrogen) atoms. The van der Waals surface area contributed by atoms with E-state index < -0.39 is 11.0 Å². The maximum absolute atomic E-state index is 12.1. The van der Waals surface area contributed by atoms with Crippen molar-refractivity contribution in [2.75, 3.05) is 5.32 Å². The van der Waals surface area contributed by atoms with E-state index in [1.54, 1.807) is 13.0 Å². The van der Waals surface area contributed by atoms with Gasteiger partial charge in [-0.3, -0.25) is 14.9 Å². The van der Waals surface area contributed by atoms with Crippen molar-refractivity contribution in [2.45, 2.75) is 26.4 Å². The summed E-state index contributed by atoms with van der Waals surface area (Å²) >= 11 is 0. The van der Waals surface area contributed by atoms with E-state index in [0.29, 0.717) is 5.69 Å². The molecule has 0 aliphatic rings. The Kier molecular flexibility index (Phi) is 5.30. The Balaban J connectivity index is 1.99. The van der Waals surface area contributed by atoms with Gasteiger partial charge in [-0.05, 0) is 37.1 Å². The van der Waals surface area contributed by atoms with E-state index in [4.69, 9.17) is 4.74 Å². The number of carbonyl (C=O) groups is 1. The van der Waals surface area contributed by atoms with Crippen LogP contribution in [0.25, 0.3) is 0 Å². The average Bonchev–Trinajstić information content (AvgIpc) is 2.55. The third-order valence-electron chi connectivity index (χ3n) is 3.34. The van der Waals surface area contributed by atoms with Gasteiger partial charge in [0.15, 0.2) is 6.10 Å². The first-order chi connectivity index (χ1) is 11.0. The van der Waals surface area contributed by atoms with E-state index in [1.807, 2.05) is 24.3 Å². The van der Waals surface area contributed by atoms with Gasteiger partial charge >= 0.3 is 0 Å². The fourth-order valence-corrected chi connectivity index (χ4v) is 2.00. The Morgan fingerprint density at radius 3 is 2.57 bits per heavy atom. The van der Waals surface area contributed by atoms with Crippen LogP contribution in [0.1, 0.15) is 19.4 Å². The number of nitrogens with zero attached hydrogens (tertiary/aromatic N) is 1. The molecule has 0 aliphatic heterocycles. The monoisotopic (exact) mass is 314 g/mol. The number of hydrogen-bond donors (Lipinski definition) is 1. The fourth-order valence-electron chi connectivity index (χ4n) is 2.00. The van der Waals surface area contributed by atoms with E-state index in [2.05, 4.69) is 12.2 Å². The second-order valence-electron chi connectivity index (χ2n) is 5.05. The molecular formula is C17H18N2O4. The number of hydrogen-bond acceptors (Lipinski definition) is 4. The molecule has 1 amide bonds. The molecule has 1 atom stereocenters. The van der Waals surface area contributed by atoms with Crippen LogP contribution in [0.2, 0.25) is 0 Å². The number of carbonyl (C=O) groups excluding carboxylic acids is 1. The molecular weight excluding hydrogens is 296 g/mol. The summed E-state index contributed by atoms with van der Waals surface area (Å²) in [4.78, 5) is 22.3. The number of amides is 1. The van der Waals surface area contributed by atoms with Crippen molar-refractivity contribution >= 4 is 17.3 Å². The van der Waals surface area contributed by atoms with Crippen LogP contribution in [-0.4, -0.2) is 16.9 Å². The number of aryl methyl sites for hydroxylation is 1. The maximum atomic E-state index is 12.1. The van der Waals surface area contributed by atoms with E-state index in [0.717, 1.165) is 6.42 Å². The van der Waals surface area contributed by atoms with Crippen molar-refractivity contribution in [1.29, 1.82) is 0 Å². The van der Waals surface area contributed by atoms with E-state index in [1.165, 1.54) is 23.8 Å². The summed E-state index contributed by atoms with van der Waals surface area (Å²) in [5.74, 6) is -0.0380. The lowest BCUT2D eigenvalue weighted by molar-refractivity contribution is -0.384. The molecule has 0 spiro atoms. The van der Waals surface area contributed by atoms with Crippen LogP contribution in [0.15, 0.2) is 48.5 Å². The molecule has 2 aromatic rings. The summed E-state index contributed by atoms with van der Waals surface area (Å²) in [7, 11) is 0. The third-order valence-corrected chi connectivity index (χ3v) is 3.34. The van der Waals surface area contributed by atoms with Gasteiger partial charge in [-0.2, -0.15) is 0 Å². The van der Waals surface area contributed by atoms with E-state index >= 15 is 0 Å². The van der Waals surface area contributed by atoms with Gasteiger partial charge in [0.2, 0.25) is 0 Å². The maximum Gasteiger partial charge on any atom is 0.273 e. The largest absolute Gasteiger partial charge is 0.481 e. The van der Waals surface area contributed by atoms with Crippen molar-refractivity contribution in [2.24, 2.45) is 0 Å². The molecule has 0 aliphatic carbocycles. The van der Waals surface area contributed by atoms with Gasteiger partial charge in [0.25, 0.3) is 11.6 Å². The number of rotatable bonds is 6. The SMILES string of the molecule is CCc1ccc(NC(=O)C(C)Oc2cccc([N+](=O)[O-])c2)cc1. The zero-order valence-electron chi connectivity index (χ0n) is 13.0. The zero-order chi connectivity index (χ0) is 16.8. The molecule has 2 aromatic carbocycles. The van der Waals surface area contributed by atoms with Crippen LogP contribution in [0.4, 0.5) is 11.4 Å². The Morgan fingerprint density at radius 2 is 1.96 bits per heavy atom. The molecule has 0 aromatic heterocycles. The van der Waals surface area contributed by atoms with E-state index in [-0.39, 0.29) is 17.3 Å². The number of nitrogens with one attached hydrogen (secondary N) is 1. The summed E-state index contributed by atoms with van der Waals surface area (Å²) in [6, 6.07) is 13.3. The minimum atomic E-state index is -0.775. The van der Waals surface area contributed by atoms with Crippen LogP contribution in [-0.2, 0) is 11.2 Å². The first-order valence-electron chi connectivity index (χ1n) is 7.30. The van der Waals surface area contributed by atoms with Crippen molar-refractivity contribution in [3.8, 4) is 5.75 Å². The summed E-state index contributed by atoms with van der Waals surface area (Å²) in [5, 5.41) is 13.5. The van der Waals surface area contributed by atoms with Crippen molar-refractivity contribution in [3.05, 3.63) is 64.2 Å². The highest BCUT2D eigenvalue weighted by atomic mass is 16.6. The van der Waals surface area contributed by atoms with Crippen LogP contribution in [0.5, 0.6) is 5.75 Å². The molecule has 0 radical (unpaired) electrons. The Morgan fingerprint density at radius 1 is 1.26 bits per heavy atom. The molecule has 1 N–H and O–H groups in total. The quantitative estimate of drug-likeness (QED) is 0.653. The summed E-state index contributed by atoms with van der Waals surface area (Å²) in [5.41, 5.74) is 1.79. The first kappa shape index (κ1) is 16.5. The predicted octanol–water partition coefficient (Wildman–Crippen LogP) is 3.56. The normalized spacial score (nSPS) is 11.6. The molecule has 0 saturated heterocycles. The third kappa shape index (κ3) is 4.54. The second-order valence-corrected chi connectivity index (χ2v) is 5.05. The van der Waals surface area contributed by atoms with Gasteiger partial charge in [0.05, 0.1) is 11.0 Å². The van der Waals surface area contributed by atoms with Crippen molar-refractivity contribution in [1.82, 2.24) is 0 Å². The molecule has 0 heterocycles. The van der Waals surface area contributed by atoms with Gasteiger partial charge in [-0.1, -0.05) is 25.1 Å². The molecule has 0 fully saturated rings. The van der Waals surface area contributed by atoms with Crippen LogP contribution < -0.4 is 10.1 Å². The number of ether oxygens (including phenoxy) is 1. The zero-order valence-corrected chi connectivity index (χ0v) is 13.0. The molecule has 6 heteroatoms. The molecule has 1 unspecified atom stereocenters. The van der Waals surface area contributed by atoms with E-state index in [9.17, 15) is 14.9 Å². The van der Waals surface area contributed by atoms with Crippen LogP contribution in [0, 0.1) is 10.1 Å². The molecule has 6 nitrogen and oxygen atoms in total. The minimum Gasteiger partial charge on any atom is -0.481 e. The van der Waals surface area contributed by atoms with Crippen molar-refractivity contribution < 1.29 is 14.5 Å². The van der Waals surface area contributed by atoms with Crippen LogP contribution in [0.3, 0.4) is 0 Å². The van der Waals surface area contributed by atoms with Crippen LogP contribution >= 0.6 is 0 Å². The average molecular weight is 314 g/mol. The van der Waals surface area contributed by atoms with Gasteiger partial charge in [0.1, 0.15) is 5.75 Å². The molecule has 120 valence electrons. The highest BCUT2D eigenvalue weighted by molar-refractivity contribution is 5.94. The molecule has 2 rings (SSSR count). The molecule has 0 bridgehead atoms. The lowest BCUT2D eigenvalue weighted by Crippen LogP contribution is -2.30. The summed E-state index contributed by atoms with van der Waals surface area (Å²) in [6.45, 7) is 3.65. The highest BCUT2D eigenvalue weighted by Gasteiger charge is 2.16. The number of nitro benzene ring substituents is 1. The lowest BCUT2D eigenvalue weighted by Gasteiger charge is -2.14. The Hall–Kier alpha value is -2.89. The number of anilines is 1. The number of nitro groups is 1. The van der Waals surface area contributed by atoms with Gasteiger partial charge in [0, 0.05) is 11.8 Å². The van der Waals surface area contributed by atoms with Crippen molar-refractivity contribution in [3.63, 3.8) is 0 Å². The standard InChI is InChI=1S/C17H18N2O4/c1-3-13-7-9-14(10-8-13)18-17(20)12(2)23-16-6-4-5-15(11-16)19(21)22/h4-12H,3H2,1-2H3,(H,18,20). The summed E-state index contributed by atoms with van der Waals surface area (Å²) < 4.78 is 5.47. The second kappa shape index (κ2) is 7.40. The highest BCUT2D eigenvalue weighted by Crippen LogP contribution is 2.20. The Labute approximate surface area is 134 Å². The molecule has 0 saturated carbocycles. The summed E-state index contributed by atoms with van der Waals surface area (Å²) in [6.07, 6.45) is 0.156. The predicted molar refractivity (Wildman–Crippen MR) is 87.6 cm³/mol. The lowest BCUT2D eigenvalue weighted by atomic mass is 10.1. The number of non-ortho nitro benzene ring substituents is 1. The minimum absolute atomic E-state index is 0.0785. The first-order valence-corrected chi connectivity index (χ1v) is 7.30. The Bertz CT molecular complexity index is 698.